The van der Waals surface area contributed by atoms with E-state index >= 15 is 0 Å². The highest BCUT2D eigenvalue weighted by Crippen LogP contribution is 2.20. The highest BCUT2D eigenvalue weighted by atomic mass is 16.5. The molecule has 0 aromatic carbocycles. The molecule has 0 aliphatic rings. The lowest BCUT2D eigenvalue weighted by Crippen LogP contribution is -2.26. The number of hydrogen-bond donors (Lipinski definition) is 1. The molecule has 0 spiro atoms. The summed E-state index contributed by atoms with van der Waals surface area (Å²) in [4.78, 5) is 13.1. The van der Waals surface area contributed by atoms with Crippen molar-refractivity contribution in [3.8, 4) is 22.8 Å². The molecule has 3 aromatic heterocycles. The topological polar surface area (TPSA) is 76.7 Å². The summed E-state index contributed by atoms with van der Waals surface area (Å²) in [6, 6.07) is 9.96. The van der Waals surface area contributed by atoms with Crippen LogP contribution in [-0.4, -0.2) is 26.2 Å². The van der Waals surface area contributed by atoms with E-state index in [9.17, 15) is 0 Å². The first kappa shape index (κ1) is 15.3. The van der Waals surface area contributed by atoms with Crippen LogP contribution in [0.15, 0.2) is 47.2 Å². The summed E-state index contributed by atoms with van der Waals surface area (Å²) in [6.45, 7) is 6.15. The molecule has 0 saturated carbocycles. The van der Waals surface area contributed by atoms with Gasteiger partial charge in [-0.1, -0.05) is 25.1 Å². The summed E-state index contributed by atoms with van der Waals surface area (Å²) in [5.74, 6) is 1.05. The van der Waals surface area contributed by atoms with Crippen LogP contribution in [0.25, 0.3) is 22.8 Å². The molecule has 118 valence electrons. The first-order valence-corrected chi connectivity index (χ1v) is 7.61. The van der Waals surface area contributed by atoms with Gasteiger partial charge >= 0.3 is 0 Å². The third kappa shape index (κ3) is 3.60. The lowest BCUT2D eigenvalue weighted by atomic mass is 10.2. The van der Waals surface area contributed by atoms with Gasteiger partial charge in [0.25, 0.3) is 0 Å². The molecule has 0 fully saturated rings. The second-order valence-electron chi connectivity index (χ2n) is 5.65. The van der Waals surface area contributed by atoms with E-state index < -0.39 is 0 Å². The van der Waals surface area contributed by atoms with E-state index in [2.05, 4.69) is 39.3 Å². The van der Waals surface area contributed by atoms with Crippen LogP contribution in [0, 0.1) is 0 Å². The Morgan fingerprint density at radius 3 is 2.52 bits per heavy atom. The molecule has 6 nitrogen and oxygen atoms in total. The number of rotatable bonds is 5. The molecular formula is C17H19N5O. The van der Waals surface area contributed by atoms with Crippen molar-refractivity contribution in [2.45, 2.75) is 32.9 Å². The van der Waals surface area contributed by atoms with Gasteiger partial charge in [-0.15, -0.1) is 0 Å². The first-order valence-electron chi connectivity index (χ1n) is 7.61. The molecule has 1 unspecified atom stereocenters. The van der Waals surface area contributed by atoms with E-state index in [4.69, 9.17) is 4.52 Å². The minimum atomic E-state index is 0.00374. The number of nitrogens with one attached hydrogen (secondary N) is 1. The monoisotopic (exact) mass is 309 g/mol. The number of aromatic nitrogens is 4. The van der Waals surface area contributed by atoms with Crippen LogP contribution >= 0.6 is 0 Å². The van der Waals surface area contributed by atoms with E-state index in [-0.39, 0.29) is 6.04 Å². The van der Waals surface area contributed by atoms with Crippen molar-refractivity contribution in [1.29, 1.82) is 0 Å². The summed E-state index contributed by atoms with van der Waals surface area (Å²) in [6.07, 6.45) is 3.53. The maximum Gasteiger partial charge on any atom is 0.243 e. The van der Waals surface area contributed by atoms with Crippen molar-refractivity contribution >= 4 is 0 Å². The SMILES string of the molecule is CC(C)NC(C)c1nc(-c2ccc(-c3ccccn3)cn2)no1. The molecule has 1 atom stereocenters. The van der Waals surface area contributed by atoms with Gasteiger partial charge in [0.15, 0.2) is 0 Å². The van der Waals surface area contributed by atoms with Gasteiger partial charge in [0.1, 0.15) is 5.69 Å². The highest BCUT2D eigenvalue weighted by Gasteiger charge is 2.16. The predicted octanol–water partition coefficient (Wildman–Crippen LogP) is 3.25. The molecule has 0 bridgehead atoms. The van der Waals surface area contributed by atoms with Gasteiger partial charge < -0.3 is 9.84 Å². The Bertz CT molecular complexity index is 752. The quantitative estimate of drug-likeness (QED) is 0.779. The fraction of sp³-hybridized carbons (Fsp3) is 0.294. The highest BCUT2D eigenvalue weighted by molar-refractivity contribution is 5.60. The predicted molar refractivity (Wildman–Crippen MR) is 87.4 cm³/mol. The molecule has 23 heavy (non-hydrogen) atoms. The van der Waals surface area contributed by atoms with Crippen molar-refractivity contribution in [1.82, 2.24) is 25.4 Å². The van der Waals surface area contributed by atoms with Crippen molar-refractivity contribution in [2.24, 2.45) is 0 Å². The number of nitrogens with zero attached hydrogens (tertiary/aromatic N) is 4. The van der Waals surface area contributed by atoms with Crippen LogP contribution in [0.5, 0.6) is 0 Å². The maximum absolute atomic E-state index is 5.32. The molecule has 0 aliphatic carbocycles. The second-order valence-corrected chi connectivity index (χ2v) is 5.65. The average Bonchev–Trinajstić information content (AvgIpc) is 3.05. The standard InChI is InChI=1S/C17H19N5O/c1-11(2)20-12(3)17-21-16(22-23-17)15-8-7-13(10-19-15)14-6-4-5-9-18-14/h4-12,20H,1-3H3. The van der Waals surface area contributed by atoms with Crippen LogP contribution in [0.3, 0.4) is 0 Å². The fourth-order valence-electron chi connectivity index (χ4n) is 2.30. The molecule has 0 radical (unpaired) electrons. The van der Waals surface area contributed by atoms with Crippen molar-refractivity contribution in [2.75, 3.05) is 0 Å². The van der Waals surface area contributed by atoms with Crippen LogP contribution in [0.1, 0.15) is 32.7 Å². The van der Waals surface area contributed by atoms with E-state index in [1.165, 1.54) is 0 Å². The van der Waals surface area contributed by atoms with Crippen LogP contribution in [0.2, 0.25) is 0 Å². The van der Waals surface area contributed by atoms with Gasteiger partial charge in [0.2, 0.25) is 11.7 Å². The van der Waals surface area contributed by atoms with Crippen LogP contribution in [0.4, 0.5) is 0 Å². The molecule has 3 heterocycles. The van der Waals surface area contributed by atoms with Gasteiger partial charge in [-0.2, -0.15) is 4.98 Å². The van der Waals surface area contributed by atoms with Gasteiger partial charge in [0.05, 0.1) is 11.7 Å². The van der Waals surface area contributed by atoms with E-state index in [1.807, 2.05) is 37.3 Å². The first-order chi connectivity index (χ1) is 11.1. The van der Waals surface area contributed by atoms with Crippen LogP contribution in [-0.2, 0) is 0 Å². The summed E-state index contributed by atoms with van der Waals surface area (Å²) < 4.78 is 5.32. The van der Waals surface area contributed by atoms with Crippen molar-refractivity contribution in [3.63, 3.8) is 0 Å². The van der Waals surface area contributed by atoms with E-state index in [0.717, 1.165) is 11.3 Å². The Kier molecular flexibility index (Phi) is 4.43. The smallest absolute Gasteiger partial charge is 0.243 e. The molecule has 0 aliphatic heterocycles. The normalized spacial score (nSPS) is 12.5. The molecule has 6 heteroatoms. The lowest BCUT2D eigenvalue weighted by Gasteiger charge is -2.11. The summed E-state index contributed by atoms with van der Waals surface area (Å²) in [5.41, 5.74) is 2.51. The molecule has 1 N–H and O–H groups in total. The summed E-state index contributed by atoms with van der Waals surface area (Å²) in [5, 5.41) is 7.34. The molecular weight excluding hydrogens is 290 g/mol. The van der Waals surface area contributed by atoms with Gasteiger partial charge in [-0.25, -0.2) is 0 Å². The molecule has 3 rings (SSSR count). The zero-order valence-corrected chi connectivity index (χ0v) is 13.4. The zero-order valence-electron chi connectivity index (χ0n) is 13.4. The van der Waals surface area contributed by atoms with Crippen molar-refractivity contribution in [3.05, 3.63) is 48.6 Å². The Balaban J connectivity index is 1.79. The minimum Gasteiger partial charge on any atom is -0.337 e. The zero-order chi connectivity index (χ0) is 16.2. The fourth-order valence-corrected chi connectivity index (χ4v) is 2.30. The largest absolute Gasteiger partial charge is 0.337 e. The second kappa shape index (κ2) is 6.66. The van der Waals surface area contributed by atoms with Gasteiger partial charge in [-0.05, 0) is 31.2 Å². The van der Waals surface area contributed by atoms with E-state index in [1.54, 1.807) is 12.4 Å². The maximum atomic E-state index is 5.32. The Morgan fingerprint density at radius 2 is 1.87 bits per heavy atom. The third-order valence-corrected chi connectivity index (χ3v) is 3.35. The Labute approximate surface area is 135 Å². The lowest BCUT2D eigenvalue weighted by molar-refractivity contribution is 0.330. The minimum absolute atomic E-state index is 0.00374. The van der Waals surface area contributed by atoms with Gasteiger partial charge in [-0.3, -0.25) is 9.97 Å². The van der Waals surface area contributed by atoms with Crippen LogP contribution < -0.4 is 5.32 Å². The van der Waals surface area contributed by atoms with Crippen molar-refractivity contribution < 1.29 is 4.52 Å². The number of hydrogen-bond acceptors (Lipinski definition) is 6. The van der Waals surface area contributed by atoms with E-state index in [0.29, 0.717) is 23.5 Å². The molecule has 0 saturated heterocycles. The summed E-state index contributed by atoms with van der Waals surface area (Å²) >= 11 is 0. The van der Waals surface area contributed by atoms with Gasteiger partial charge in [0, 0.05) is 24.0 Å². The summed E-state index contributed by atoms with van der Waals surface area (Å²) in [7, 11) is 0. The number of pyridine rings is 2. The molecule has 0 amide bonds. The third-order valence-electron chi connectivity index (χ3n) is 3.35. The Hall–Kier alpha value is -2.60. The Morgan fingerprint density at radius 1 is 1.00 bits per heavy atom. The molecule has 3 aromatic rings. The average molecular weight is 309 g/mol.